The zero-order chi connectivity index (χ0) is 15.4. The normalized spacial score (nSPS) is 11.1. The van der Waals surface area contributed by atoms with Gasteiger partial charge >= 0.3 is 0 Å². The topological polar surface area (TPSA) is 28.4 Å². The second kappa shape index (κ2) is 6.72. The minimum atomic E-state index is -0.565. The van der Waals surface area contributed by atoms with Gasteiger partial charge in [0.15, 0.2) is 0 Å². The van der Waals surface area contributed by atoms with Gasteiger partial charge < -0.3 is 14.6 Å². The molecule has 0 bridgehead atoms. The largest absolute Gasteiger partial charge is 0.467 e. The first-order chi connectivity index (χ1) is 9.97. The Balaban J connectivity index is 2.16. The second-order valence-corrected chi connectivity index (χ2v) is 5.38. The standard InChI is InChI=1S/C16H20F2N2O/c1-11(2)19-9-12-7-14(17)16(15(18)8-12)20(3)10-13-5-4-6-21-13/h4-8,11,19H,9-10H2,1-3H3. The Kier molecular flexibility index (Phi) is 4.96. The average molecular weight is 294 g/mol. The van der Waals surface area contributed by atoms with Gasteiger partial charge in [-0.05, 0) is 29.8 Å². The summed E-state index contributed by atoms with van der Waals surface area (Å²) in [6, 6.07) is 6.51. The Hall–Kier alpha value is -1.88. The molecule has 2 rings (SSSR count). The number of benzene rings is 1. The van der Waals surface area contributed by atoms with Gasteiger partial charge in [0.2, 0.25) is 0 Å². The van der Waals surface area contributed by atoms with Crippen molar-refractivity contribution in [3.63, 3.8) is 0 Å². The summed E-state index contributed by atoms with van der Waals surface area (Å²) in [7, 11) is 1.63. The van der Waals surface area contributed by atoms with Crippen molar-refractivity contribution in [2.45, 2.75) is 33.0 Å². The summed E-state index contributed by atoms with van der Waals surface area (Å²) in [6.07, 6.45) is 1.54. The van der Waals surface area contributed by atoms with Crippen LogP contribution in [0.4, 0.5) is 14.5 Å². The lowest BCUT2D eigenvalue weighted by atomic mass is 10.1. The average Bonchev–Trinajstić information content (AvgIpc) is 2.88. The second-order valence-electron chi connectivity index (χ2n) is 5.38. The van der Waals surface area contributed by atoms with E-state index < -0.39 is 11.6 Å². The molecule has 3 nitrogen and oxygen atoms in total. The lowest BCUT2D eigenvalue weighted by Crippen LogP contribution is -2.23. The highest BCUT2D eigenvalue weighted by Gasteiger charge is 2.16. The first kappa shape index (κ1) is 15.5. The summed E-state index contributed by atoms with van der Waals surface area (Å²) >= 11 is 0. The first-order valence-electron chi connectivity index (χ1n) is 6.92. The molecule has 0 atom stereocenters. The van der Waals surface area contributed by atoms with E-state index in [9.17, 15) is 8.78 Å². The van der Waals surface area contributed by atoms with Gasteiger partial charge in [-0.1, -0.05) is 13.8 Å². The lowest BCUT2D eigenvalue weighted by molar-refractivity contribution is 0.501. The molecule has 0 fully saturated rings. The third-order valence-corrected chi connectivity index (χ3v) is 3.15. The van der Waals surface area contributed by atoms with Crippen molar-refractivity contribution in [1.82, 2.24) is 5.32 Å². The van der Waals surface area contributed by atoms with Crippen LogP contribution in [0.25, 0.3) is 0 Å². The van der Waals surface area contributed by atoms with Crippen LogP contribution < -0.4 is 10.2 Å². The molecule has 0 amide bonds. The Labute approximate surface area is 123 Å². The van der Waals surface area contributed by atoms with Crippen molar-refractivity contribution in [3.05, 3.63) is 53.5 Å². The van der Waals surface area contributed by atoms with Crippen LogP contribution in [0, 0.1) is 11.6 Å². The van der Waals surface area contributed by atoms with Gasteiger partial charge in [-0.2, -0.15) is 0 Å². The number of anilines is 1. The summed E-state index contributed by atoms with van der Waals surface area (Å²) in [6.45, 7) is 4.72. The van der Waals surface area contributed by atoms with Crippen molar-refractivity contribution in [1.29, 1.82) is 0 Å². The van der Waals surface area contributed by atoms with Crippen LogP contribution in [-0.2, 0) is 13.1 Å². The van der Waals surface area contributed by atoms with Gasteiger partial charge in [0, 0.05) is 19.6 Å². The molecule has 0 aliphatic rings. The maximum Gasteiger partial charge on any atom is 0.149 e. The molecular weight excluding hydrogens is 274 g/mol. The van der Waals surface area contributed by atoms with Crippen LogP contribution in [-0.4, -0.2) is 13.1 Å². The molecule has 2 aromatic rings. The molecule has 0 unspecified atom stereocenters. The van der Waals surface area contributed by atoms with E-state index in [4.69, 9.17) is 4.42 Å². The van der Waals surface area contributed by atoms with E-state index in [1.54, 1.807) is 19.2 Å². The highest BCUT2D eigenvalue weighted by Crippen LogP contribution is 2.25. The molecule has 0 saturated carbocycles. The van der Waals surface area contributed by atoms with Crippen LogP contribution in [0.1, 0.15) is 25.2 Å². The van der Waals surface area contributed by atoms with Crippen LogP contribution in [0.15, 0.2) is 34.9 Å². The SMILES string of the molecule is CC(C)NCc1cc(F)c(N(C)Cc2ccco2)c(F)c1. The molecule has 5 heteroatoms. The summed E-state index contributed by atoms with van der Waals surface area (Å²) < 4.78 is 33.5. The maximum atomic E-state index is 14.2. The number of hydrogen-bond donors (Lipinski definition) is 1. The van der Waals surface area contributed by atoms with Crippen LogP contribution in [0.2, 0.25) is 0 Å². The Morgan fingerprint density at radius 1 is 1.24 bits per heavy atom. The number of halogens is 2. The highest BCUT2D eigenvalue weighted by molar-refractivity contribution is 5.50. The molecule has 114 valence electrons. The fourth-order valence-electron chi connectivity index (χ4n) is 2.12. The highest BCUT2D eigenvalue weighted by atomic mass is 19.1. The molecule has 1 aromatic heterocycles. The van der Waals surface area contributed by atoms with E-state index in [0.717, 1.165) is 0 Å². The first-order valence-corrected chi connectivity index (χ1v) is 6.92. The molecule has 1 N–H and O–H groups in total. The zero-order valence-corrected chi connectivity index (χ0v) is 12.5. The van der Waals surface area contributed by atoms with Gasteiger partial charge in [0.1, 0.15) is 23.1 Å². The van der Waals surface area contributed by atoms with Crippen molar-refractivity contribution in [2.24, 2.45) is 0 Å². The number of furan rings is 1. The predicted molar refractivity (Wildman–Crippen MR) is 79.1 cm³/mol. The smallest absolute Gasteiger partial charge is 0.149 e. The molecular formula is C16H20F2N2O. The quantitative estimate of drug-likeness (QED) is 0.880. The third-order valence-electron chi connectivity index (χ3n) is 3.15. The molecule has 21 heavy (non-hydrogen) atoms. The molecule has 0 aliphatic carbocycles. The van der Waals surface area contributed by atoms with E-state index in [-0.39, 0.29) is 11.7 Å². The number of hydrogen-bond acceptors (Lipinski definition) is 3. The number of nitrogens with one attached hydrogen (secondary N) is 1. The molecule has 1 heterocycles. The molecule has 0 radical (unpaired) electrons. The van der Waals surface area contributed by atoms with Gasteiger partial charge in [-0.3, -0.25) is 0 Å². The molecule has 0 saturated heterocycles. The fraction of sp³-hybridized carbons (Fsp3) is 0.375. The van der Waals surface area contributed by atoms with Gasteiger partial charge in [0.25, 0.3) is 0 Å². The van der Waals surface area contributed by atoms with E-state index in [0.29, 0.717) is 24.4 Å². The van der Waals surface area contributed by atoms with Gasteiger partial charge in [-0.25, -0.2) is 8.78 Å². The van der Waals surface area contributed by atoms with Crippen molar-refractivity contribution >= 4 is 5.69 Å². The maximum absolute atomic E-state index is 14.2. The monoisotopic (exact) mass is 294 g/mol. The van der Waals surface area contributed by atoms with Crippen LogP contribution in [0.3, 0.4) is 0 Å². The zero-order valence-electron chi connectivity index (χ0n) is 12.5. The predicted octanol–water partition coefficient (Wildman–Crippen LogP) is 3.69. The van der Waals surface area contributed by atoms with E-state index in [1.807, 2.05) is 13.8 Å². The van der Waals surface area contributed by atoms with E-state index >= 15 is 0 Å². The van der Waals surface area contributed by atoms with E-state index in [1.165, 1.54) is 23.3 Å². The van der Waals surface area contributed by atoms with Crippen LogP contribution >= 0.6 is 0 Å². The van der Waals surface area contributed by atoms with Crippen molar-refractivity contribution < 1.29 is 13.2 Å². The van der Waals surface area contributed by atoms with E-state index in [2.05, 4.69) is 5.32 Å². The summed E-state index contributed by atoms with van der Waals surface area (Å²) in [5, 5.41) is 3.14. The Morgan fingerprint density at radius 3 is 2.43 bits per heavy atom. The number of rotatable bonds is 6. The third kappa shape index (κ3) is 4.04. The minimum absolute atomic E-state index is 0.0419. The van der Waals surface area contributed by atoms with Crippen molar-refractivity contribution in [3.8, 4) is 0 Å². The summed E-state index contributed by atoms with van der Waals surface area (Å²) in [5.74, 6) is -0.476. The Morgan fingerprint density at radius 2 is 1.90 bits per heavy atom. The number of nitrogens with zero attached hydrogens (tertiary/aromatic N) is 1. The lowest BCUT2D eigenvalue weighted by Gasteiger charge is -2.20. The van der Waals surface area contributed by atoms with Crippen LogP contribution in [0.5, 0.6) is 0 Å². The fourth-order valence-corrected chi connectivity index (χ4v) is 2.12. The van der Waals surface area contributed by atoms with Gasteiger partial charge in [0.05, 0.1) is 12.8 Å². The molecule has 0 spiro atoms. The summed E-state index contributed by atoms with van der Waals surface area (Å²) in [5.41, 5.74) is 0.550. The van der Waals surface area contributed by atoms with Gasteiger partial charge in [-0.15, -0.1) is 0 Å². The molecule has 1 aromatic carbocycles. The minimum Gasteiger partial charge on any atom is -0.467 e. The summed E-state index contributed by atoms with van der Waals surface area (Å²) in [4.78, 5) is 1.50. The molecule has 0 aliphatic heterocycles. The Bertz CT molecular complexity index is 559. The van der Waals surface area contributed by atoms with Crippen molar-refractivity contribution in [2.75, 3.05) is 11.9 Å².